The molecule has 2 rings (SSSR count). The average molecular weight is 372 g/mol. The van der Waals surface area contributed by atoms with E-state index in [1.54, 1.807) is 18.2 Å². The van der Waals surface area contributed by atoms with Crippen molar-refractivity contribution < 1.29 is 52.4 Å². The molecule has 0 aliphatic rings. The van der Waals surface area contributed by atoms with E-state index in [9.17, 15) is 13.5 Å². The Labute approximate surface area is 171 Å². The standard InChI is InChI=1S/C18H22O5S.Na/c1-2-3-4-5-10-16-17(19)11-7-12-18(16)23-14-8-6-9-15(13-14)24(20,21)22;/h6-9,11-13,19H,2-5,10H2,1H3,(H,20,21,22);/q;+1/p-1. The molecule has 5 nitrogen and oxygen atoms in total. The zero-order chi connectivity index (χ0) is 17.6. The fourth-order valence-electron chi connectivity index (χ4n) is 2.44. The van der Waals surface area contributed by atoms with Crippen LogP contribution in [0.2, 0.25) is 0 Å². The number of unbranched alkanes of at least 4 members (excludes halogenated alkanes) is 3. The van der Waals surface area contributed by atoms with Gasteiger partial charge in [-0.2, -0.15) is 8.42 Å². The topological polar surface area (TPSA) is 86.7 Å². The Morgan fingerprint density at radius 1 is 1.08 bits per heavy atom. The fourth-order valence-corrected chi connectivity index (χ4v) is 2.96. The predicted molar refractivity (Wildman–Crippen MR) is 90.1 cm³/mol. The molecule has 0 aromatic heterocycles. The summed E-state index contributed by atoms with van der Waals surface area (Å²) >= 11 is 0. The number of ether oxygens (including phenoxy) is 1. The third-order valence-corrected chi connectivity index (χ3v) is 4.55. The summed E-state index contributed by atoms with van der Waals surface area (Å²) in [6, 6.07) is 10.4. The third-order valence-electron chi connectivity index (χ3n) is 3.70. The zero-order valence-corrected chi connectivity index (χ0v) is 17.4. The summed E-state index contributed by atoms with van der Waals surface area (Å²) in [5.74, 6) is 0.590. The van der Waals surface area contributed by atoms with E-state index in [1.165, 1.54) is 24.3 Å². The fraction of sp³-hybridized carbons (Fsp3) is 0.333. The first-order valence-corrected chi connectivity index (χ1v) is 9.40. The first-order chi connectivity index (χ1) is 11.4. The summed E-state index contributed by atoms with van der Waals surface area (Å²) in [7, 11) is -4.30. The van der Waals surface area contributed by atoms with E-state index in [0.717, 1.165) is 25.7 Å². The van der Waals surface area contributed by atoms with Crippen LogP contribution in [0, 0.1) is 0 Å². The molecule has 130 valence electrons. The van der Waals surface area contributed by atoms with Crippen molar-refractivity contribution in [3.63, 3.8) is 0 Å². The van der Waals surface area contributed by atoms with Gasteiger partial charge in [0.25, 0.3) is 10.1 Å². The quantitative estimate of drug-likeness (QED) is 0.423. The Morgan fingerprint density at radius 2 is 1.80 bits per heavy atom. The summed E-state index contributed by atoms with van der Waals surface area (Å²) in [5.41, 5.74) is 0.589. The molecule has 0 unspecified atom stereocenters. The van der Waals surface area contributed by atoms with Crippen molar-refractivity contribution in [2.75, 3.05) is 0 Å². The van der Waals surface area contributed by atoms with E-state index in [-0.39, 0.29) is 46.0 Å². The molecule has 0 atom stereocenters. The van der Waals surface area contributed by atoms with Crippen LogP contribution in [0.3, 0.4) is 0 Å². The molecular formula is C18H21NaO5S. The van der Waals surface area contributed by atoms with Gasteiger partial charge in [0.2, 0.25) is 0 Å². The van der Waals surface area contributed by atoms with Crippen molar-refractivity contribution in [1.29, 1.82) is 0 Å². The average Bonchev–Trinajstić information content (AvgIpc) is 2.53. The minimum Gasteiger partial charge on any atom is -0.872 e. The maximum atomic E-state index is 12.1. The van der Waals surface area contributed by atoms with Crippen molar-refractivity contribution in [2.24, 2.45) is 0 Å². The van der Waals surface area contributed by atoms with Crippen LogP contribution < -0.4 is 39.4 Å². The van der Waals surface area contributed by atoms with E-state index < -0.39 is 10.1 Å². The molecule has 2 aromatic rings. The molecule has 25 heavy (non-hydrogen) atoms. The third kappa shape index (κ3) is 6.64. The predicted octanol–water partition coefficient (Wildman–Crippen LogP) is 0.926. The Morgan fingerprint density at radius 3 is 2.48 bits per heavy atom. The van der Waals surface area contributed by atoms with Gasteiger partial charge in [0.05, 0.1) is 4.90 Å². The molecule has 0 bridgehead atoms. The Bertz CT molecular complexity index is 790. The second kappa shape index (κ2) is 10.2. The molecule has 0 amide bonds. The van der Waals surface area contributed by atoms with Gasteiger partial charge in [0.15, 0.2) is 0 Å². The van der Waals surface area contributed by atoms with Crippen molar-refractivity contribution >= 4 is 10.1 Å². The van der Waals surface area contributed by atoms with Crippen molar-refractivity contribution in [3.8, 4) is 17.2 Å². The van der Waals surface area contributed by atoms with Gasteiger partial charge in [0, 0.05) is 6.07 Å². The van der Waals surface area contributed by atoms with E-state index in [2.05, 4.69) is 6.92 Å². The molecule has 0 fully saturated rings. The van der Waals surface area contributed by atoms with Gasteiger partial charge in [-0.25, -0.2) is 0 Å². The molecule has 2 aromatic carbocycles. The molecule has 0 aliphatic carbocycles. The van der Waals surface area contributed by atoms with Crippen molar-refractivity contribution in [2.45, 2.75) is 43.9 Å². The minimum absolute atomic E-state index is 0. The summed E-state index contributed by atoms with van der Waals surface area (Å²) in [6.45, 7) is 2.12. The van der Waals surface area contributed by atoms with Gasteiger partial charge in [-0.3, -0.25) is 4.55 Å². The molecule has 0 radical (unpaired) electrons. The summed E-state index contributed by atoms with van der Waals surface area (Å²) < 4.78 is 37.2. The maximum absolute atomic E-state index is 12.1. The first kappa shape index (κ1) is 22.0. The number of rotatable bonds is 8. The van der Waals surface area contributed by atoms with E-state index in [1.807, 2.05) is 0 Å². The number of hydrogen-bond acceptors (Lipinski definition) is 4. The van der Waals surface area contributed by atoms with E-state index in [4.69, 9.17) is 9.29 Å². The first-order valence-electron chi connectivity index (χ1n) is 7.96. The second-order valence-electron chi connectivity index (χ2n) is 5.60. The number of hydrogen-bond donors (Lipinski definition) is 1. The Hall–Kier alpha value is -1.05. The Balaban J connectivity index is 0.00000312. The number of benzene rings is 2. The van der Waals surface area contributed by atoms with Crippen molar-refractivity contribution in [3.05, 3.63) is 48.0 Å². The monoisotopic (exact) mass is 372 g/mol. The smallest absolute Gasteiger partial charge is 0.872 e. The molecule has 0 saturated carbocycles. The normalized spacial score (nSPS) is 11.0. The van der Waals surface area contributed by atoms with Gasteiger partial charge < -0.3 is 9.84 Å². The van der Waals surface area contributed by atoms with Crippen LogP contribution in [0.4, 0.5) is 0 Å². The zero-order valence-electron chi connectivity index (χ0n) is 14.6. The van der Waals surface area contributed by atoms with Crippen molar-refractivity contribution in [1.82, 2.24) is 0 Å². The molecule has 0 saturated heterocycles. The van der Waals surface area contributed by atoms with Gasteiger partial charge in [-0.05, 0) is 36.6 Å². The molecule has 0 aliphatic heterocycles. The van der Waals surface area contributed by atoms with Crippen LogP contribution in [0.1, 0.15) is 38.2 Å². The van der Waals surface area contributed by atoms with Gasteiger partial charge in [-0.1, -0.05) is 44.4 Å². The van der Waals surface area contributed by atoms with Crippen LogP contribution in [0.15, 0.2) is 47.4 Å². The maximum Gasteiger partial charge on any atom is 1.00 e. The van der Waals surface area contributed by atoms with E-state index >= 15 is 0 Å². The largest absolute Gasteiger partial charge is 1.00 e. The Kier molecular flexibility index (Phi) is 8.96. The van der Waals surface area contributed by atoms with E-state index in [0.29, 0.717) is 17.7 Å². The molecule has 0 heterocycles. The van der Waals surface area contributed by atoms with Gasteiger partial charge >= 0.3 is 29.6 Å². The SMILES string of the molecule is CCCCCCc1c([O-])cccc1Oc1cccc(S(=O)(=O)O)c1.[Na+]. The van der Waals surface area contributed by atoms with Crippen LogP contribution in [-0.2, 0) is 16.5 Å². The molecule has 0 spiro atoms. The molecule has 7 heteroatoms. The van der Waals surface area contributed by atoms with Crippen LogP contribution >= 0.6 is 0 Å². The summed E-state index contributed by atoms with van der Waals surface area (Å²) in [4.78, 5) is -0.247. The second-order valence-corrected chi connectivity index (χ2v) is 7.02. The van der Waals surface area contributed by atoms with Crippen LogP contribution in [0.5, 0.6) is 17.2 Å². The van der Waals surface area contributed by atoms with Gasteiger partial charge in [-0.15, -0.1) is 5.75 Å². The van der Waals surface area contributed by atoms with Gasteiger partial charge in [0.1, 0.15) is 11.5 Å². The van der Waals surface area contributed by atoms with Crippen LogP contribution in [0.25, 0.3) is 0 Å². The van der Waals surface area contributed by atoms with Crippen LogP contribution in [-0.4, -0.2) is 13.0 Å². The molecule has 1 N–H and O–H groups in total. The molecular weight excluding hydrogens is 351 g/mol. The minimum atomic E-state index is -4.30. The summed E-state index contributed by atoms with van der Waals surface area (Å²) in [5, 5.41) is 12.1. The summed E-state index contributed by atoms with van der Waals surface area (Å²) in [6.07, 6.45) is 4.79.